The number of aromatic nitrogens is 2. The van der Waals surface area contributed by atoms with Crippen molar-refractivity contribution in [2.75, 3.05) is 6.54 Å². The molecule has 0 saturated heterocycles. The zero-order valence-corrected chi connectivity index (χ0v) is 7.25. The van der Waals surface area contributed by atoms with Gasteiger partial charge in [0, 0.05) is 5.39 Å². The minimum atomic E-state index is -0.398. The van der Waals surface area contributed by atoms with Gasteiger partial charge in [0.05, 0.1) is 12.1 Å². The molecule has 0 aliphatic rings. The SMILES string of the molecule is NCC(=O)c1n[nH]c2ccc(F)cc12. The fourth-order valence-electron chi connectivity index (χ4n) is 1.30. The smallest absolute Gasteiger partial charge is 0.197 e. The Hall–Kier alpha value is -1.75. The van der Waals surface area contributed by atoms with Crippen molar-refractivity contribution in [3.63, 3.8) is 0 Å². The topological polar surface area (TPSA) is 71.8 Å². The van der Waals surface area contributed by atoms with Crippen molar-refractivity contribution in [2.45, 2.75) is 0 Å². The summed E-state index contributed by atoms with van der Waals surface area (Å²) < 4.78 is 12.9. The quantitative estimate of drug-likeness (QED) is 0.694. The number of nitrogens with zero attached hydrogens (tertiary/aromatic N) is 1. The van der Waals surface area contributed by atoms with Crippen LogP contribution in [-0.4, -0.2) is 22.5 Å². The highest BCUT2D eigenvalue weighted by molar-refractivity contribution is 6.06. The van der Waals surface area contributed by atoms with Gasteiger partial charge in [-0.25, -0.2) is 4.39 Å². The van der Waals surface area contributed by atoms with Gasteiger partial charge in [-0.05, 0) is 18.2 Å². The van der Waals surface area contributed by atoms with Crippen molar-refractivity contribution in [1.82, 2.24) is 10.2 Å². The van der Waals surface area contributed by atoms with Crippen LogP contribution in [0, 0.1) is 5.82 Å². The van der Waals surface area contributed by atoms with Crippen molar-refractivity contribution in [2.24, 2.45) is 5.73 Å². The maximum atomic E-state index is 12.9. The van der Waals surface area contributed by atoms with Gasteiger partial charge in [0.25, 0.3) is 0 Å². The lowest BCUT2D eigenvalue weighted by molar-refractivity contribution is 0.0998. The highest BCUT2D eigenvalue weighted by Crippen LogP contribution is 2.17. The number of aromatic amines is 1. The van der Waals surface area contributed by atoms with Crippen molar-refractivity contribution in [1.29, 1.82) is 0 Å². The Bertz CT molecular complexity index is 492. The van der Waals surface area contributed by atoms with Crippen molar-refractivity contribution >= 4 is 16.7 Å². The van der Waals surface area contributed by atoms with E-state index in [1.54, 1.807) is 0 Å². The van der Waals surface area contributed by atoms with E-state index in [1.807, 2.05) is 0 Å². The molecule has 0 saturated carbocycles. The molecule has 0 aliphatic carbocycles. The van der Waals surface area contributed by atoms with Crippen LogP contribution in [0.4, 0.5) is 4.39 Å². The summed E-state index contributed by atoms with van der Waals surface area (Å²) in [4.78, 5) is 11.3. The lowest BCUT2D eigenvalue weighted by Gasteiger charge is -1.93. The standard InChI is InChI=1S/C9H8FN3O/c10-5-1-2-7-6(3-5)9(13-12-7)8(14)4-11/h1-3H,4,11H2,(H,12,13). The van der Waals surface area contributed by atoms with Crippen LogP contribution in [0.2, 0.25) is 0 Å². The van der Waals surface area contributed by atoms with Crippen molar-refractivity contribution < 1.29 is 9.18 Å². The molecule has 3 N–H and O–H groups in total. The number of carbonyl (C=O) groups excluding carboxylic acids is 1. The van der Waals surface area contributed by atoms with E-state index < -0.39 is 5.82 Å². The van der Waals surface area contributed by atoms with Gasteiger partial charge >= 0.3 is 0 Å². The first-order valence-corrected chi connectivity index (χ1v) is 4.09. The average Bonchev–Trinajstić information content (AvgIpc) is 2.59. The van der Waals surface area contributed by atoms with E-state index in [1.165, 1.54) is 18.2 Å². The van der Waals surface area contributed by atoms with E-state index in [4.69, 9.17) is 5.73 Å². The number of nitrogens with one attached hydrogen (secondary N) is 1. The molecule has 1 aromatic carbocycles. The summed E-state index contributed by atoms with van der Waals surface area (Å²) in [6.07, 6.45) is 0. The molecule has 14 heavy (non-hydrogen) atoms. The van der Waals surface area contributed by atoms with Gasteiger partial charge < -0.3 is 5.73 Å². The summed E-state index contributed by atoms with van der Waals surface area (Å²) in [6, 6.07) is 4.10. The molecule has 4 nitrogen and oxygen atoms in total. The molecule has 5 heteroatoms. The third-order valence-corrected chi connectivity index (χ3v) is 1.97. The second-order valence-corrected chi connectivity index (χ2v) is 2.89. The molecule has 2 aromatic rings. The van der Waals surface area contributed by atoms with E-state index in [9.17, 15) is 9.18 Å². The number of carbonyl (C=O) groups is 1. The first-order valence-electron chi connectivity index (χ1n) is 4.09. The molecule has 72 valence electrons. The third kappa shape index (κ3) is 1.27. The molecule has 2 rings (SSSR count). The Morgan fingerprint density at radius 1 is 1.57 bits per heavy atom. The maximum Gasteiger partial charge on any atom is 0.197 e. The van der Waals surface area contributed by atoms with Crippen LogP contribution >= 0.6 is 0 Å². The normalized spacial score (nSPS) is 10.7. The van der Waals surface area contributed by atoms with Gasteiger partial charge in [-0.2, -0.15) is 5.10 Å². The molecule has 0 bridgehead atoms. The second-order valence-electron chi connectivity index (χ2n) is 2.89. The van der Waals surface area contributed by atoms with E-state index in [2.05, 4.69) is 10.2 Å². The van der Waals surface area contributed by atoms with Crippen LogP contribution in [0.1, 0.15) is 10.5 Å². The summed E-state index contributed by atoms with van der Waals surface area (Å²) >= 11 is 0. The molecular weight excluding hydrogens is 185 g/mol. The number of hydrogen-bond donors (Lipinski definition) is 2. The summed E-state index contributed by atoms with van der Waals surface area (Å²) in [7, 11) is 0. The third-order valence-electron chi connectivity index (χ3n) is 1.97. The molecule has 0 atom stereocenters. The van der Waals surface area contributed by atoms with Crippen LogP contribution < -0.4 is 5.73 Å². The Labute approximate surface area is 78.9 Å². The van der Waals surface area contributed by atoms with Gasteiger partial charge in [0.15, 0.2) is 5.78 Å². The lowest BCUT2D eigenvalue weighted by Crippen LogP contribution is -2.14. The molecule has 0 spiro atoms. The zero-order chi connectivity index (χ0) is 10.1. The Balaban J connectivity index is 2.67. The minimum absolute atomic E-state index is 0.129. The molecule has 0 fully saturated rings. The number of rotatable bonds is 2. The number of benzene rings is 1. The van der Waals surface area contributed by atoms with E-state index in [0.29, 0.717) is 10.9 Å². The number of H-pyrrole nitrogens is 1. The molecule has 0 amide bonds. The summed E-state index contributed by atoms with van der Waals surface area (Å²) in [5, 5.41) is 6.90. The summed E-state index contributed by atoms with van der Waals surface area (Å²) in [5.74, 6) is -0.702. The Morgan fingerprint density at radius 3 is 3.07 bits per heavy atom. The van der Waals surface area contributed by atoms with Gasteiger partial charge in [0.1, 0.15) is 11.5 Å². The van der Waals surface area contributed by atoms with Crippen LogP contribution in [0.5, 0.6) is 0 Å². The number of Topliss-reactive ketones (excluding diaryl/α,β-unsaturated/α-hetero) is 1. The van der Waals surface area contributed by atoms with Gasteiger partial charge in [-0.3, -0.25) is 9.89 Å². The van der Waals surface area contributed by atoms with Crippen LogP contribution in [0.3, 0.4) is 0 Å². The fourth-order valence-corrected chi connectivity index (χ4v) is 1.30. The molecule has 0 radical (unpaired) electrons. The highest BCUT2D eigenvalue weighted by Gasteiger charge is 2.12. The Kier molecular flexibility index (Phi) is 2.01. The first-order chi connectivity index (χ1) is 6.72. The predicted molar refractivity (Wildman–Crippen MR) is 49.4 cm³/mol. The van der Waals surface area contributed by atoms with E-state index >= 15 is 0 Å². The summed E-state index contributed by atoms with van der Waals surface area (Å²) in [6.45, 7) is -0.129. The number of halogens is 1. The first kappa shape index (κ1) is 8.83. The van der Waals surface area contributed by atoms with E-state index in [-0.39, 0.29) is 18.0 Å². The highest BCUT2D eigenvalue weighted by atomic mass is 19.1. The fraction of sp³-hybridized carbons (Fsp3) is 0.111. The number of fused-ring (bicyclic) bond motifs is 1. The molecule has 1 aromatic heterocycles. The molecular formula is C9H8FN3O. The predicted octanol–water partition coefficient (Wildman–Crippen LogP) is 0.843. The van der Waals surface area contributed by atoms with Crippen LogP contribution in [-0.2, 0) is 0 Å². The average molecular weight is 193 g/mol. The lowest BCUT2D eigenvalue weighted by atomic mass is 10.1. The molecule has 0 unspecified atom stereocenters. The number of hydrogen-bond acceptors (Lipinski definition) is 3. The van der Waals surface area contributed by atoms with Gasteiger partial charge in [-0.15, -0.1) is 0 Å². The molecule has 0 aliphatic heterocycles. The van der Waals surface area contributed by atoms with Crippen molar-refractivity contribution in [3.05, 3.63) is 29.7 Å². The summed E-state index contributed by atoms with van der Waals surface area (Å²) in [5.41, 5.74) is 6.02. The van der Waals surface area contributed by atoms with Crippen LogP contribution in [0.15, 0.2) is 18.2 Å². The maximum absolute atomic E-state index is 12.9. The minimum Gasteiger partial charge on any atom is -0.324 e. The zero-order valence-electron chi connectivity index (χ0n) is 7.25. The monoisotopic (exact) mass is 193 g/mol. The van der Waals surface area contributed by atoms with Crippen LogP contribution in [0.25, 0.3) is 10.9 Å². The van der Waals surface area contributed by atoms with Gasteiger partial charge in [0.2, 0.25) is 0 Å². The molecule has 1 heterocycles. The van der Waals surface area contributed by atoms with Crippen molar-refractivity contribution in [3.8, 4) is 0 Å². The second kappa shape index (κ2) is 3.19. The number of nitrogens with two attached hydrogens (primary N) is 1. The number of ketones is 1. The van der Waals surface area contributed by atoms with Gasteiger partial charge in [-0.1, -0.05) is 0 Å². The Morgan fingerprint density at radius 2 is 2.36 bits per heavy atom. The van der Waals surface area contributed by atoms with E-state index in [0.717, 1.165) is 0 Å². The largest absolute Gasteiger partial charge is 0.324 e.